The van der Waals surface area contributed by atoms with E-state index in [1.165, 1.54) is 11.3 Å². The van der Waals surface area contributed by atoms with Crippen molar-refractivity contribution in [2.24, 2.45) is 0 Å². The van der Waals surface area contributed by atoms with Crippen molar-refractivity contribution >= 4 is 22.9 Å². The van der Waals surface area contributed by atoms with Crippen LogP contribution >= 0.6 is 22.9 Å². The lowest BCUT2D eigenvalue weighted by Crippen LogP contribution is -1.86. The van der Waals surface area contributed by atoms with Crippen molar-refractivity contribution in [3.63, 3.8) is 0 Å². The summed E-state index contributed by atoms with van der Waals surface area (Å²) in [6.45, 7) is 4.06. The average Bonchev–Trinajstić information content (AvgIpc) is 2.64. The molecule has 0 radical (unpaired) electrons. The summed E-state index contributed by atoms with van der Waals surface area (Å²) in [4.78, 5) is 0. The molecule has 0 atom stereocenters. The molecule has 0 spiro atoms. The summed E-state index contributed by atoms with van der Waals surface area (Å²) in [7, 11) is 0. The molecule has 2 rings (SSSR count). The maximum absolute atomic E-state index is 5.65. The van der Waals surface area contributed by atoms with Gasteiger partial charge in [0, 0.05) is 0 Å². The van der Waals surface area contributed by atoms with Crippen molar-refractivity contribution < 1.29 is 4.74 Å². The van der Waals surface area contributed by atoms with E-state index in [-0.39, 0.29) is 0 Å². The summed E-state index contributed by atoms with van der Waals surface area (Å²) in [5.41, 5.74) is 2.33. The van der Waals surface area contributed by atoms with Crippen LogP contribution in [0.15, 0.2) is 18.2 Å². The first kappa shape index (κ1) is 11.4. The summed E-state index contributed by atoms with van der Waals surface area (Å²) in [6.07, 6.45) is 0. The predicted molar refractivity (Wildman–Crippen MR) is 65.5 cm³/mol. The molecule has 1 heterocycles. The largest absolute Gasteiger partial charge is 0.430 e. The normalized spacial score (nSPS) is 10.4. The van der Waals surface area contributed by atoms with Gasteiger partial charge in [-0.1, -0.05) is 22.5 Å². The Bertz CT molecular complexity index is 478. The number of ether oxygens (including phenoxy) is 1. The molecule has 0 aliphatic heterocycles. The summed E-state index contributed by atoms with van der Waals surface area (Å²) < 4.78 is 5.61. The molecule has 0 fully saturated rings. The molecule has 16 heavy (non-hydrogen) atoms. The number of hydrogen-bond acceptors (Lipinski definition) is 4. The topological polar surface area (TPSA) is 35.0 Å². The van der Waals surface area contributed by atoms with Crippen molar-refractivity contribution in [1.82, 2.24) is 10.2 Å². The zero-order valence-corrected chi connectivity index (χ0v) is 10.6. The van der Waals surface area contributed by atoms with E-state index in [1.54, 1.807) is 0 Å². The minimum Gasteiger partial charge on any atom is -0.430 e. The Morgan fingerprint density at radius 2 is 1.88 bits per heavy atom. The summed E-state index contributed by atoms with van der Waals surface area (Å²) >= 11 is 7.01. The van der Waals surface area contributed by atoms with Gasteiger partial charge in [0.25, 0.3) is 5.19 Å². The van der Waals surface area contributed by atoms with Crippen LogP contribution in [-0.4, -0.2) is 10.2 Å². The smallest absolute Gasteiger partial charge is 0.299 e. The van der Waals surface area contributed by atoms with Gasteiger partial charge in [0.2, 0.25) is 0 Å². The molecule has 1 aromatic heterocycles. The fraction of sp³-hybridized carbons (Fsp3) is 0.273. The monoisotopic (exact) mass is 254 g/mol. The third-order valence-electron chi connectivity index (χ3n) is 1.96. The Morgan fingerprint density at radius 3 is 2.44 bits per heavy atom. The Kier molecular flexibility index (Phi) is 3.41. The Balaban J connectivity index is 2.19. The third-order valence-corrected chi connectivity index (χ3v) is 3.18. The van der Waals surface area contributed by atoms with Crippen molar-refractivity contribution in [3.05, 3.63) is 34.3 Å². The van der Waals surface area contributed by atoms with E-state index in [0.29, 0.717) is 11.1 Å². The predicted octanol–water partition coefficient (Wildman–Crippen LogP) is 3.69. The summed E-state index contributed by atoms with van der Waals surface area (Å²) in [6, 6.07) is 6.03. The lowest BCUT2D eigenvalue weighted by atomic mass is 10.1. The standard InChI is InChI=1S/C11H11ClN2OS/c1-7-3-8(2)5-9(4-7)15-11-14-13-10(6-12)16-11/h3-5H,6H2,1-2H3. The maximum Gasteiger partial charge on any atom is 0.299 e. The average molecular weight is 255 g/mol. The van der Waals surface area contributed by atoms with E-state index in [0.717, 1.165) is 21.9 Å². The molecular weight excluding hydrogens is 244 g/mol. The van der Waals surface area contributed by atoms with Crippen LogP contribution in [0.4, 0.5) is 0 Å². The van der Waals surface area contributed by atoms with Gasteiger partial charge >= 0.3 is 0 Å². The number of nitrogens with zero attached hydrogens (tertiary/aromatic N) is 2. The lowest BCUT2D eigenvalue weighted by Gasteiger charge is -2.03. The van der Waals surface area contributed by atoms with Crippen LogP contribution in [0.5, 0.6) is 10.9 Å². The highest BCUT2D eigenvalue weighted by molar-refractivity contribution is 7.13. The van der Waals surface area contributed by atoms with E-state index in [4.69, 9.17) is 16.3 Å². The fourth-order valence-electron chi connectivity index (χ4n) is 1.43. The number of alkyl halides is 1. The first-order valence-corrected chi connectivity index (χ1v) is 6.17. The zero-order valence-electron chi connectivity index (χ0n) is 9.03. The molecule has 0 bridgehead atoms. The fourth-order valence-corrected chi connectivity index (χ4v) is 2.20. The molecule has 2 aromatic rings. The van der Waals surface area contributed by atoms with Crippen LogP contribution in [-0.2, 0) is 5.88 Å². The van der Waals surface area contributed by atoms with Gasteiger partial charge in [0.05, 0.1) is 5.88 Å². The Hall–Kier alpha value is -1.13. The quantitative estimate of drug-likeness (QED) is 0.784. The van der Waals surface area contributed by atoms with Gasteiger partial charge in [0.1, 0.15) is 10.8 Å². The minimum absolute atomic E-state index is 0.369. The van der Waals surface area contributed by atoms with Crippen molar-refractivity contribution in [1.29, 1.82) is 0 Å². The molecule has 1 aromatic carbocycles. The molecule has 0 saturated carbocycles. The lowest BCUT2D eigenvalue weighted by molar-refractivity contribution is 0.472. The minimum atomic E-state index is 0.369. The van der Waals surface area contributed by atoms with Gasteiger partial charge in [-0.25, -0.2) is 0 Å². The van der Waals surface area contributed by atoms with Gasteiger partial charge in [-0.05, 0) is 37.1 Å². The van der Waals surface area contributed by atoms with Gasteiger partial charge in [-0.3, -0.25) is 0 Å². The SMILES string of the molecule is Cc1cc(C)cc(Oc2nnc(CCl)s2)c1. The molecule has 5 heteroatoms. The number of hydrogen-bond donors (Lipinski definition) is 0. The van der Waals surface area contributed by atoms with E-state index >= 15 is 0 Å². The van der Waals surface area contributed by atoms with Crippen molar-refractivity contribution in [2.75, 3.05) is 0 Å². The highest BCUT2D eigenvalue weighted by Gasteiger charge is 2.05. The Morgan fingerprint density at radius 1 is 1.19 bits per heavy atom. The molecule has 0 aliphatic rings. The van der Waals surface area contributed by atoms with E-state index in [2.05, 4.69) is 16.3 Å². The van der Waals surface area contributed by atoms with Crippen LogP contribution in [0.2, 0.25) is 0 Å². The van der Waals surface area contributed by atoms with Gasteiger partial charge in [-0.2, -0.15) is 0 Å². The second kappa shape index (κ2) is 4.80. The molecule has 0 amide bonds. The second-order valence-electron chi connectivity index (χ2n) is 3.52. The van der Waals surface area contributed by atoms with Gasteiger partial charge < -0.3 is 4.74 Å². The van der Waals surface area contributed by atoms with Crippen LogP contribution in [0.3, 0.4) is 0 Å². The van der Waals surface area contributed by atoms with Crippen molar-refractivity contribution in [2.45, 2.75) is 19.7 Å². The van der Waals surface area contributed by atoms with Crippen molar-refractivity contribution in [3.8, 4) is 10.9 Å². The first-order chi connectivity index (χ1) is 7.67. The van der Waals surface area contributed by atoms with E-state index < -0.39 is 0 Å². The van der Waals surface area contributed by atoms with Crippen LogP contribution in [0.25, 0.3) is 0 Å². The molecule has 3 nitrogen and oxygen atoms in total. The molecular formula is C11H11ClN2OS. The maximum atomic E-state index is 5.65. The number of aryl methyl sites for hydroxylation is 2. The molecule has 0 unspecified atom stereocenters. The van der Waals surface area contributed by atoms with E-state index in [1.807, 2.05) is 26.0 Å². The van der Waals surface area contributed by atoms with Crippen LogP contribution < -0.4 is 4.74 Å². The number of aromatic nitrogens is 2. The number of rotatable bonds is 3. The molecule has 0 saturated heterocycles. The number of benzene rings is 1. The van der Waals surface area contributed by atoms with E-state index in [9.17, 15) is 0 Å². The molecule has 84 valence electrons. The van der Waals surface area contributed by atoms with Gasteiger partial charge in [0.15, 0.2) is 0 Å². The third kappa shape index (κ3) is 2.71. The highest BCUT2D eigenvalue weighted by atomic mass is 35.5. The summed E-state index contributed by atoms with van der Waals surface area (Å²) in [5, 5.41) is 9.08. The first-order valence-electron chi connectivity index (χ1n) is 4.82. The zero-order chi connectivity index (χ0) is 11.5. The molecule has 0 aliphatic carbocycles. The molecule has 0 N–H and O–H groups in total. The number of halogens is 1. The second-order valence-corrected chi connectivity index (χ2v) is 4.81. The Labute approximate surface area is 103 Å². The van der Waals surface area contributed by atoms with Gasteiger partial charge in [-0.15, -0.1) is 16.7 Å². The van der Waals surface area contributed by atoms with Crippen LogP contribution in [0.1, 0.15) is 16.1 Å². The van der Waals surface area contributed by atoms with Crippen LogP contribution in [0, 0.1) is 13.8 Å². The summed E-state index contributed by atoms with van der Waals surface area (Å²) in [5.74, 6) is 1.16. The highest BCUT2D eigenvalue weighted by Crippen LogP contribution is 2.26.